The zero-order valence-electron chi connectivity index (χ0n) is 16.1. The Morgan fingerprint density at radius 3 is 2.86 bits per heavy atom. The summed E-state index contributed by atoms with van der Waals surface area (Å²) in [4.78, 5) is 11.0. The van der Waals surface area contributed by atoms with Crippen molar-refractivity contribution in [2.24, 2.45) is 5.92 Å². The number of aromatic hydroxyl groups is 1. The predicted octanol–water partition coefficient (Wildman–Crippen LogP) is 4.01. The maximum atomic E-state index is 13.6. The monoisotopic (exact) mass is 380 g/mol. The van der Waals surface area contributed by atoms with Gasteiger partial charge in [0.05, 0.1) is 0 Å². The first-order valence-corrected chi connectivity index (χ1v) is 9.73. The van der Waals surface area contributed by atoms with Crippen molar-refractivity contribution in [1.82, 2.24) is 19.4 Å². The van der Waals surface area contributed by atoms with Crippen LogP contribution in [0.4, 0.5) is 4.39 Å². The number of rotatable bonds is 5. The van der Waals surface area contributed by atoms with E-state index in [0.29, 0.717) is 18.0 Å². The molecule has 5 nitrogen and oxygen atoms in total. The van der Waals surface area contributed by atoms with E-state index in [2.05, 4.69) is 26.4 Å². The topological polar surface area (TPSA) is 54.2 Å². The highest BCUT2D eigenvalue weighted by Gasteiger charge is 2.23. The summed E-state index contributed by atoms with van der Waals surface area (Å²) in [7, 11) is 0. The second-order valence-electron chi connectivity index (χ2n) is 7.56. The second-order valence-corrected chi connectivity index (χ2v) is 7.56. The van der Waals surface area contributed by atoms with Crippen molar-refractivity contribution in [3.8, 4) is 17.1 Å². The van der Waals surface area contributed by atoms with Crippen molar-refractivity contribution in [2.45, 2.75) is 32.9 Å². The first kappa shape index (κ1) is 18.6. The standard InChI is InChI=1S/C22H25FN4O/c1-16-12-25-22(18-7-9-24-10-8-18)27(16)14-17-4-3-11-26(13-17)15-19-5-2-6-20(23)21(19)28/h2,5-10,12,17,28H,3-4,11,13-15H2,1H3. The lowest BCUT2D eigenvalue weighted by atomic mass is 9.97. The van der Waals surface area contributed by atoms with Gasteiger partial charge in [0, 0.05) is 55.0 Å². The first-order valence-electron chi connectivity index (χ1n) is 9.73. The molecule has 0 spiro atoms. The van der Waals surface area contributed by atoms with Crippen LogP contribution in [-0.2, 0) is 13.1 Å². The molecule has 2 aromatic heterocycles. The van der Waals surface area contributed by atoms with Crippen molar-refractivity contribution in [2.75, 3.05) is 13.1 Å². The van der Waals surface area contributed by atoms with Crippen LogP contribution in [0, 0.1) is 18.7 Å². The van der Waals surface area contributed by atoms with Crippen LogP contribution >= 0.6 is 0 Å². The van der Waals surface area contributed by atoms with Gasteiger partial charge in [0.15, 0.2) is 11.6 Å². The number of para-hydroxylation sites is 1. The molecule has 1 saturated heterocycles. The third-order valence-corrected chi connectivity index (χ3v) is 5.50. The van der Waals surface area contributed by atoms with Crippen LogP contribution < -0.4 is 0 Å². The van der Waals surface area contributed by atoms with Gasteiger partial charge in [0.1, 0.15) is 5.82 Å². The van der Waals surface area contributed by atoms with Crippen LogP contribution in [0.15, 0.2) is 48.9 Å². The summed E-state index contributed by atoms with van der Waals surface area (Å²) in [5.74, 6) is 0.676. The summed E-state index contributed by atoms with van der Waals surface area (Å²) in [5.41, 5.74) is 2.86. The Balaban J connectivity index is 1.48. The highest BCUT2D eigenvalue weighted by molar-refractivity contribution is 5.55. The maximum absolute atomic E-state index is 13.6. The van der Waals surface area contributed by atoms with Crippen LogP contribution in [0.2, 0.25) is 0 Å². The zero-order valence-corrected chi connectivity index (χ0v) is 16.1. The Kier molecular flexibility index (Phi) is 5.39. The molecule has 0 aliphatic carbocycles. The fourth-order valence-corrected chi connectivity index (χ4v) is 4.05. The minimum atomic E-state index is -0.554. The number of nitrogens with zero attached hydrogens (tertiary/aromatic N) is 4. The number of likely N-dealkylation sites (tertiary alicyclic amines) is 1. The van der Waals surface area contributed by atoms with Crippen LogP contribution in [-0.4, -0.2) is 37.6 Å². The van der Waals surface area contributed by atoms with E-state index in [-0.39, 0.29) is 5.75 Å². The minimum absolute atomic E-state index is 0.227. The summed E-state index contributed by atoms with van der Waals surface area (Å²) in [6.07, 6.45) is 7.74. The van der Waals surface area contributed by atoms with E-state index in [0.717, 1.165) is 49.6 Å². The summed E-state index contributed by atoms with van der Waals surface area (Å²) in [6.45, 7) is 5.44. The van der Waals surface area contributed by atoms with Crippen LogP contribution in [0.25, 0.3) is 11.4 Å². The quantitative estimate of drug-likeness (QED) is 0.727. The summed E-state index contributed by atoms with van der Waals surface area (Å²) >= 11 is 0. The molecule has 0 saturated carbocycles. The lowest BCUT2D eigenvalue weighted by Crippen LogP contribution is -2.36. The molecule has 4 rings (SSSR count). The number of imidazole rings is 1. The predicted molar refractivity (Wildman–Crippen MR) is 106 cm³/mol. The van der Waals surface area contributed by atoms with E-state index >= 15 is 0 Å². The summed E-state index contributed by atoms with van der Waals surface area (Å²) in [5, 5.41) is 9.98. The van der Waals surface area contributed by atoms with E-state index in [4.69, 9.17) is 0 Å². The lowest BCUT2D eigenvalue weighted by Gasteiger charge is -2.33. The molecule has 6 heteroatoms. The molecule has 0 amide bonds. The molecule has 3 aromatic rings. The Bertz CT molecular complexity index is 941. The molecule has 0 bridgehead atoms. The number of hydrogen-bond acceptors (Lipinski definition) is 4. The fraction of sp³-hybridized carbons (Fsp3) is 0.364. The molecular weight excluding hydrogens is 355 g/mol. The van der Waals surface area contributed by atoms with E-state index in [1.807, 2.05) is 18.3 Å². The molecule has 1 atom stereocenters. The number of phenolic OH excluding ortho intramolecular Hbond substituents is 1. The third kappa shape index (κ3) is 3.92. The molecular formula is C22H25FN4O. The van der Waals surface area contributed by atoms with E-state index < -0.39 is 5.82 Å². The highest BCUT2D eigenvalue weighted by Crippen LogP contribution is 2.27. The zero-order chi connectivity index (χ0) is 19.5. The Hall–Kier alpha value is -2.73. The van der Waals surface area contributed by atoms with Crippen LogP contribution in [0.3, 0.4) is 0 Å². The van der Waals surface area contributed by atoms with Gasteiger partial charge in [-0.1, -0.05) is 12.1 Å². The molecule has 1 aliphatic heterocycles. The SMILES string of the molecule is Cc1cnc(-c2ccncc2)n1CC1CCCN(Cc2cccc(F)c2O)C1. The largest absolute Gasteiger partial charge is 0.505 e. The van der Waals surface area contributed by atoms with Gasteiger partial charge in [0.25, 0.3) is 0 Å². The van der Waals surface area contributed by atoms with Gasteiger partial charge in [-0.3, -0.25) is 9.88 Å². The highest BCUT2D eigenvalue weighted by atomic mass is 19.1. The molecule has 1 aliphatic rings. The van der Waals surface area contributed by atoms with Crippen LogP contribution in [0.1, 0.15) is 24.1 Å². The first-order chi connectivity index (χ1) is 13.6. The molecule has 3 heterocycles. The number of aromatic nitrogens is 3. The van der Waals surface area contributed by atoms with Crippen LogP contribution in [0.5, 0.6) is 5.75 Å². The van der Waals surface area contributed by atoms with Gasteiger partial charge in [-0.15, -0.1) is 0 Å². The van der Waals surface area contributed by atoms with Gasteiger partial charge in [0.2, 0.25) is 0 Å². The number of phenols is 1. The lowest BCUT2D eigenvalue weighted by molar-refractivity contribution is 0.154. The molecule has 28 heavy (non-hydrogen) atoms. The fourth-order valence-electron chi connectivity index (χ4n) is 4.05. The molecule has 1 unspecified atom stereocenters. The summed E-state index contributed by atoms with van der Waals surface area (Å²) in [6, 6.07) is 8.71. The average molecular weight is 380 g/mol. The summed E-state index contributed by atoms with van der Waals surface area (Å²) < 4.78 is 15.9. The Morgan fingerprint density at radius 2 is 2.04 bits per heavy atom. The molecule has 1 N–H and O–H groups in total. The third-order valence-electron chi connectivity index (χ3n) is 5.50. The van der Waals surface area contributed by atoms with E-state index in [1.165, 1.54) is 6.07 Å². The second kappa shape index (κ2) is 8.10. The molecule has 146 valence electrons. The molecule has 0 radical (unpaired) electrons. The number of pyridine rings is 1. The van der Waals surface area contributed by atoms with Gasteiger partial charge in [-0.25, -0.2) is 9.37 Å². The average Bonchev–Trinajstić information content (AvgIpc) is 3.07. The van der Waals surface area contributed by atoms with Gasteiger partial charge in [-0.2, -0.15) is 0 Å². The van der Waals surface area contributed by atoms with Crippen molar-refractivity contribution in [3.63, 3.8) is 0 Å². The minimum Gasteiger partial charge on any atom is -0.505 e. The number of piperidine rings is 1. The van der Waals surface area contributed by atoms with Crippen molar-refractivity contribution < 1.29 is 9.50 Å². The molecule has 1 fully saturated rings. The van der Waals surface area contributed by atoms with E-state index in [9.17, 15) is 9.50 Å². The number of aryl methyl sites for hydroxylation is 1. The van der Waals surface area contributed by atoms with Gasteiger partial charge < -0.3 is 9.67 Å². The number of hydrogen-bond donors (Lipinski definition) is 1. The van der Waals surface area contributed by atoms with Crippen molar-refractivity contribution in [3.05, 3.63) is 66.0 Å². The maximum Gasteiger partial charge on any atom is 0.165 e. The van der Waals surface area contributed by atoms with Crippen molar-refractivity contribution in [1.29, 1.82) is 0 Å². The van der Waals surface area contributed by atoms with E-state index in [1.54, 1.807) is 24.5 Å². The number of benzene rings is 1. The van der Waals surface area contributed by atoms with Gasteiger partial charge in [-0.05, 0) is 50.4 Å². The molecule has 1 aromatic carbocycles. The Morgan fingerprint density at radius 1 is 1.21 bits per heavy atom. The smallest absolute Gasteiger partial charge is 0.165 e. The number of halogens is 1. The Labute approximate surface area is 164 Å². The van der Waals surface area contributed by atoms with Gasteiger partial charge >= 0.3 is 0 Å². The van der Waals surface area contributed by atoms with Crippen molar-refractivity contribution >= 4 is 0 Å². The normalized spacial score (nSPS) is 17.7.